The first-order valence-electron chi connectivity index (χ1n) is 4.82. The van der Waals surface area contributed by atoms with E-state index in [9.17, 15) is 4.79 Å². The zero-order valence-corrected chi connectivity index (χ0v) is 8.77. The molecule has 76 valence electrons. The highest BCUT2D eigenvalue weighted by Crippen LogP contribution is 2.26. The SMILES string of the molecule is CC(C)(C)c1nc(=O)[nH]c2c1CNC2. The van der Waals surface area contributed by atoms with Gasteiger partial charge in [-0.1, -0.05) is 20.8 Å². The molecule has 2 rings (SSSR count). The zero-order valence-electron chi connectivity index (χ0n) is 8.77. The Labute approximate surface area is 82.8 Å². The summed E-state index contributed by atoms with van der Waals surface area (Å²) < 4.78 is 0. The van der Waals surface area contributed by atoms with Crippen molar-refractivity contribution in [3.63, 3.8) is 0 Å². The molecule has 2 N–H and O–H groups in total. The van der Waals surface area contributed by atoms with Crippen LogP contribution >= 0.6 is 0 Å². The number of aromatic amines is 1. The molecule has 0 amide bonds. The molecule has 0 saturated carbocycles. The Morgan fingerprint density at radius 3 is 2.64 bits per heavy atom. The molecule has 4 heteroatoms. The first-order chi connectivity index (χ1) is 6.48. The lowest BCUT2D eigenvalue weighted by Crippen LogP contribution is -2.24. The fourth-order valence-electron chi connectivity index (χ4n) is 1.82. The predicted octanol–water partition coefficient (Wildman–Crippen LogP) is 0.671. The van der Waals surface area contributed by atoms with Crippen LogP contribution in [0.1, 0.15) is 37.7 Å². The summed E-state index contributed by atoms with van der Waals surface area (Å²) in [5.41, 5.74) is 2.77. The van der Waals surface area contributed by atoms with E-state index >= 15 is 0 Å². The highest BCUT2D eigenvalue weighted by atomic mass is 16.1. The molecule has 1 aromatic rings. The summed E-state index contributed by atoms with van der Waals surface area (Å²) in [6.45, 7) is 7.79. The smallest absolute Gasteiger partial charge is 0.308 e. The molecule has 1 aliphatic rings. The lowest BCUT2D eigenvalue weighted by molar-refractivity contribution is 0.555. The van der Waals surface area contributed by atoms with Crippen LogP contribution in [-0.2, 0) is 18.5 Å². The minimum absolute atomic E-state index is 0.0651. The van der Waals surface area contributed by atoms with E-state index in [4.69, 9.17) is 0 Å². The van der Waals surface area contributed by atoms with Gasteiger partial charge in [0.1, 0.15) is 0 Å². The van der Waals surface area contributed by atoms with E-state index < -0.39 is 0 Å². The largest absolute Gasteiger partial charge is 0.345 e. The molecule has 14 heavy (non-hydrogen) atoms. The van der Waals surface area contributed by atoms with Gasteiger partial charge in [0, 0.05) is 29.8 Å². The van der Waals surface area contributed by atoms with Crippen molar-refractivity contribution in [3.8, 4) is 0 Å². The third kappa shape index (κ3) is 1.46. The number of aromatic nitrogens is 2. The molecular formula is C10H15N3O. The van der Waals surface area contributed by atoms with Gasteiger partial charge < -0.3 is 10.3 Å². The molecule has 0 bridgehead atoms. The first-order valence-corrected chi connectivity index (χ1v) is 4.82. The summed E-state index contributed by atoms with van der Waals surface area (Å²) in [6, 6.07) is 0. The summed E-state index contributed by atoms with van der Waals surface area (Å²) in [5, 5.41) is 3.22. The third-order valence-electron chi connectivity index (χ3n) is 2.44. The topological polar surface area (TPSA) is 57.8 Å². The molecular weight excluding hydrogens is 178 g/mol. The van der Waals surface area contributed by atoms with Gasteiger partial charge in [0.25, 0.3) is 0 Å². The minimum atomic E-state index is -0.239. The van der Waals surface area contributed by atoms with Crippen molar-refractivity contribution in [1.29, 1.82) is 0 Å². The molecule has 0 unspecified atom stereocenters. The van der Waals surface area contributed by atoms with Gasteiger partial charge in [0.15, 0.2) is 0 Å². The standard InChI is InChI=1S/C10H15N3O/c1-10(2,3)8-6-4-11-5-7(6)12-9(14)13-8/h11H,4-5H2,1-3H3,(H,12,13,14). The molecule has 0 radical (unpaired) electrons. The Balaban J connectivity index is 2.66. The second-order valence-corrected chi connectivity index (χ2v) is 4.70. The van der Waals surface area contributed by atoms with Crippen LogP contribution in [0.15, 0.2) is 4.79 Å². The van der Waals surface area contributed by atoms with Crippen LogP contribution in [-0.4, -0.2) is 9.97 Å². The van der Waals surface area contributed by atoms with Gasteiger partial charge in [-0.2, -0.15) is 4.98 Å². The van der Waals surface area contributed by atoms with E-state index in [1.54, 1.807) is 0 Å². The maximum atomic E-state index is 11.3. The molecule has 0 aliphatic carbocycles. The van der Waals surface area contributed by atoms with Gasteiger partial charge in [-0.15, -0.1) is 0 Å². The van der Waals surface area contributed by atoms with Crippen LogP contribution in [0, 0.1) is 0 Å². The fraction of sp³-hybridized carbons (Fsp3) is 0.600. The van der Waals surface area contributed by atoms with E-state index in [0.29, 0.717) is 0 Å². The van der Waals surface area contributed by atoms with Crippen LogP contribution in [0.4, 0.5) is 0 Å². The Morgan fingerprint density at radius 2 is 2.00 bits per heavy atom. The number of nitrogens with zero attached hydrogens (tertiary/aromatic N) is 1. The molecule has 0 atom stereocenters. The van der Waals surface area contributed by atoms with Crippen molar-refractivity contribution >= 4 is 0 Å². The minimum Gasteiger partial charge on any atom is -0.308 e. The fourth-order valence-corrected chi connectivity index (χ4v) is 1.82. The van der Waals surface area contributed by atoms with Crippen molar-refractivity contribution in [2.45, 2.75) is 39.3 Å². The third-order valence-corrected chi connectivity index (χ3v) is 2.44. The molecule has 1 aromatic heterocycles. The summed E-state index contributed by atoms with van der Waals surface area (Å²) in [5.74, 6) is 0. The van der Waals surface area contributed by atoms with Crippen molar-refractivity contribution in [3.05, 3.63) is 27.4 Å². The van der Waals surface area contributed by atoms with Gasteiger partial charge >= 0.3 is 5.69 Å². The second-order valence-electron chi connectivity index (χ2n) is 4.70. The molecule has 0 saturated heterocycles. The predicted molar refractivity (Wildman–Crippen MR) is 54.1 cm³/mol. The van der Waals surface area contributed by atoms with Gasteiger partial charge in [0.05, 0.1) is 5.69 Å². The second kappa shape index (κ2) is 2.92. The summed E-state index contributed by atoms with van der Waals surface area (Å²) in [6.07, 6.45) is 0. The molecule has 2 heterocycles. The summed E-state index contributed by atoms with van der Waals surface area (Å²) in [7, 11) is 0. The average Bonchev–Trinajstić information content (AvgIpc) is 2.47. The Kier molecular flexibility index (Phi) is 1.96. The quantitative estimate of drug-likeness (QED) is 0.636. The van der Waals surface area contributed by atoms with Gasteiger partial charge in [0.2, 0.25) is 0 Å². The Hall–Kier alpha value is -1.16. The van der Waals surface area contributed by atoms with Crippen LogP contribution < -0.4 is 11.0 Å². The molecule has 0 spiro atoms. The summed E-state index contributed by atoms with van der Waals surface area (Å²) in [4.78, 5) is 18.1. The van der Waals surface area contributed by atoms with Gasteiger partial charge in [-0.05, 0) is 0 Å². The molecule has 1 aliphatic heterocycles. The van der Waals surface area contributed by atoms with E-state index in [0.717, 1.165) is 30.0 Å². The van der Waals surface area contributed by atoms with E-state index in [2.05, 4.69) is 36.1 Å². The van der Waals surface area contributed by atoms with Gasteiger partial charge in [-0.25, -0.2) is 4.79 Å². The lowest BCUT2D eigenvalue weighted by Gasteiger charge is -2.20. The molecule has 4 nitrogen and oxygen atoms in total. The zero-order chi connectivity index (χ0) is 10.3. The van der Waals surface area contributed by atoms with Crippen molar-refractivity contribution < 1.29 is 0 Å². The van der Waals surface area contributed by atoms with E-state index in [1.807, 2.05) is 0 Å². The highest BCUT2D eigenvalue weighted by molar-refractivity contribution is 5.32. The van der Waals surface area contributed by atoms with Crippen molar-refractivity contribution in [1.82, 2.24) is 15.3 Å². The number of hydrogen-bond donors (Lipinski definition) is 2. The van der Waals surface area contributed by atoms with E-state index in [1.165, 1.54) is 0 Å². The van der Waals surface area contributed by atoms with Crippen LogP contribution in [0.25, 0.3) is 0 Å². The normalized spacial score (nSPS) is 15.6. The van der Waals surface area contributed by atoms with E-state index in [-0.39, 0.29) is 11.1 Å². The maximum absolute atomic E-state index is 11.3. The molecule has 0 fully saturated rings. The average molecular weight is 193 g/mol. The Morgan fingerprint density at radius 1 is 1.29 bits per heavy atom. The van der Waals surface area contributed by atoms with Gasteiger partial charge in [-0.3, -0.25) is 0 Å². The van der Waals surface area contributed by atoms with Crippen LogP contribution in [0.2, 0.25) is 0 Å². The maximum Gasteiger partial charge on any atom is 0.345 e. The lowest BCUT2D eigenvalue weighted by atomic mass is 9.88. The highest BCUT2D eigenvalue weighted by Gasteiger charge is 2.25. The van der Waals surface area contributed by atoms with Crippen LogP contribution in [0.3, 0.4) is 0 Å². The molecule has 0 aromatic carbocycles. The van der Waals surface area contributed by atoms with Crippen LogP contribution in [0.5, 0.6) is 0 Å². The number of fused-ring (bicyclic) bond motifs is 1. The number of rotatable bonds is 0. The number of H-pyrrole nitrogens is 1. The van der Waals surface area contributed by atoms with Crippen molar-refractivity contribution in [2.24, 2.45) is 0 Å². The monoisotopic (exact) mass is 193 g/mol. The number of nitrogens with one attached hydrogen (secondary N) is 2. The first kappa shape index (κ1) is 9.40. The number of hydrogen-bond acceptors (Lipinski definition) is 3. The summed E-state index contributed by atoms with van der Waals surface area (Å²) >= 11 is 0. The Bertz CT molecular complexity index is 414. The van der Waals surface area contributed by atoms with Crippen molar-refractivity contribution in [2.75, 3.05) is 0 Å².